The van der Waals surface area contributed by atoms with E-state index in [0.717, 1.165) is 58.5 Å². The summed E-state index contributed by atoms with van der Waals surface area (Å²) in [6, 6.07) is 0. The van der Waals surface area contributed by atoms with Gasteiger partial charge in [0, 0.05) is 25.9 Å². The molecule has 24 heavy (non-hydrogen) atoms. The molecule has 4 heteroatoms. The molecule has 0 aliphatic carbocycles. The maximum Gasteiger partial charge on any atom is 0.131 e. The molecule has 4 heterocycles. The first kappa shape index (κ1) is 17.3. The van der Waals surface area contributed by atoms with E-state index in [1.54, 1.807) is 0 Å². The first-order valence-electron chi connectivity index (χ1n) is 10.3. The van der Waals surface area contributed by atoms with Gasteiger partial charge in [-0.15, -0.1) is 0 Å². The zero-order valence-electron chi connectivity index (χ0n) is 15.3. The molecule has 4 rings (SSSR count). The van der Waals surface area contributed by atoms with Gasteiger partial charge in [-0.05, 0) is 12.8 Å². The molecule has 0 spiro atoms. The minimum Gasteiger partial charge on any atom is -0.375 e. The second-order valence-corrected chi connectivity index (χ2v) is 8.17. The molecule has 4 nitrogen and oxygen atoms in total. The van der Waals surface area contributed by atoms with Gasteiger partial charge in [-0.25, -0.2) is 0 Å². The molecule has 0 N–H and O–H groups in total. The van der Waals surface area contributed by atoms with Crippen LogP contribution in [0.4, 0.5) is 0 Å². The van der Waals surface area contributed by atoms with Gasteiger partial charge in [0.2, 0.25) is 0 Å². The summed E-state index contributed by atoms with van der Waals surface area (Å²) in [5.41, 5.74) is -0.591. The van der Waals surface area contributed by atoms with Crippen molar-refractivity contribution in [2.24, 2.45) is 0 Å². The second-order valence-electron chi connectivity index (χ2n) is 8.17. The monoisotopic (exact) mass is 338 g/mol. The predicted octanol–water partition coefficient (Wildman–Crippen LogP) is 4.00. The Bertz CT molecular complexity index is 419. The first-order chi connectivity index (χ1) is 11.8. The summed E-state index contributed by atoms with van der Waals surface area (Å²) in [7, 11) is 0. The lowest BCUT2D eigenvalue weighted by molar-refractivity contribution is -0.423. The maximum atomic E-state index is 6.36. The Kier molecular flexibility index (Phi) is 4.94. The lowest BCUT2D eigenvalue weighted by Crippen LogP contribution is -2.84. The van der Waals surface area contributed by atoms with Crippen LogP contribution in [-0.4, -0.2) is 49.3 Å². The molecule has 0 aromatic rings. The summed E-state index contributed by atoms with van der Waals surface area (Å²) in [4.78, 5) is 0. The zero-order valence-corrected chi connectivity index (χ0v) is 15.3. The Hall–Kier alpha value is -0.160. The molecule has 0 radical (unpaired) electrons. The van der Waals surface area contributed by atoms with E-state index in [-0.39, 0.29) is 22.9 Å². The van der Waals surface area contributed by atoms with Gasteiger partial charge in [0.25, 0.3) is 0 Å². The molecule has 0 amide bonds. The largest absolute Gasteiger partial charge is 0.375 e. The quantitative estimate of drug-likeness (QED) is 0.564. The number of hydrogen-bond acceptors (Lipinski definition) is 4. The fourth-order valence-corrected chi connectivity index (χ4v) is 5.40. The van der Waals surface area contributed by atoms with Gasteiger partial charge in [0.1, 0.15) is 16.8 Å². The summed E-state index contributed by atoms with van der Waals surface area (Å²) in [5, 5.41) is 0. The fraction of sp³-hybridized carbons (Fsp3) is 1.00. The molecular weight excluding hydrogens is 304 g/mol. The van der Waals surface area contributed by atoms with E-state index in [2.05, 4.69) is 6.92 Å². The van der Waals surface area contributed by atoms with Crippen LogP contribution in [0.25, 0.3) is 0 Å². The van der Waals surface area contributed by atoms with E-state index in [0.29, 0.717) is 0 Å². The Labute approximate surface area is 146 Å². The van der Waals surface area contributed by atoms with Crippen LogP contribution in [0.15, 0.2) is 0 Å². The zero-order chi connectivity index (χ0) is 16.5. The van der Waals surface area contributed by atoms with E-state index >= 15 is 0 Å². The van der Waals surface area contributed by atoms with Crippen LogP contribution in [0.1, 0.15) is 77.6 Å². The van der Waals surface area contributed by atoms with Crippen molar-refractivity contribution in [1.82, 2.24) is 0 Å². The molecular formula is C20H34O4. The second kappa shape index (κ2) is 6.86. The van der Waals surface area contributed by atoms with Gasteiger partial charge >= 0.3 is 0 Å². The van der Waals surface area contributed by atoms with Gasteiger partial charge < -0.3 is 18.9 Å². The Morgan fingerprint density at radius 2 is 1.42 bits per heavy atom. The van der Waals surface area contributed by atoms with Crippen LogP contribution in [0.2, 0.25) is 0 Å². The average molecular weight is 338 g/mol. The summed E-state index contributed by atoms with van der Waals surface area (Å²) in [6.45, 7) is 5.71. The highest BCUT2D eigenvalue weighted by molar-refractivity contribution is 5.24. The van der Waals surface area contributed by atoms with Gasteiger partial charge in [0.15, 0.2) is 0 Å². The highest BCUT2D eigenvalue weighted by Crippen LogP contribution is 2.61. The van der Waals surface area contributed by atoms with Gasteiger partial charge in [-0.2, -0.15) is 0 Å². The highest BCUT2D eigenvalue weighted by Gasteiger charge is 2.75. The van der Waals surface area contributed by atoms with Gasteiger partial charge in [0.05, 0.1) is 25.9 Å². The molecule has 4 atom stereocenters. The van der Waals surface area contributed by atoms with Crippen LogP contribution in [-0.2, 0) is 18.9 Å². The van der Waals surface area contributed by atoms with E-state index < -0.39 is 0 Å². The van der Waals surface area contributed by atoms with Crippen LogP contribution in [0.5, 0.6) is 0 Å². The molecule has 0 aromatic carbocycles. The molecule has 4 aliphatic rings. The molecule has 138 valence electrons. The molecule has 0 bridgehead atoms. The molecule has 4 fully saturated rings. The van der Waals surface area contributed by atoms with E-state index in [4.69, 9.17) is 18.9 Å². The van der Waals surface area contributed by atoms with E-state index in [1.807, 2.05) is 0 Å². The van der Waals surface area contributed by atoms with Crippen molar-refractivity contribution >= 4 is 0 Å². The minimum atomic E-state index is -0.245. The van der Waals surface area contributed by atoms with Crippen LogP contribution >= 0.6 is 0 Å². The van der Waals surface area contributed by atoms with Crippen molar-refractivity contribution in [2.75, 3.05) is 26.4 Å². The van der Waals surface area contributed by atoms with E-state index in [9.17, 15) is 0 Å². The summed E-state index contributed by atoms with van der Waals surface area (Å²) in [6.07, 6.45) is 13.7. The summed E-state index contributed by atoms with van der Waals surface area (Å²) >= 11 is 0. The number of rotatable bonds is 10. The van der Waals surface area contributed by atoms with Crippen molar-refractivity contribution in [2.45, 2.75) is 100 Å². The molecule has 0 saturated carbocycles. The predicted molar refractivity (Wildman–Crippen MR) is 92.3 cm³/mol. The van der Waals surface area contributed by atoms with Crippen molar-refractivity contribution in [3.05, 3.63) is 0 Å². The van der Waals surface area contributed by atoms with Crippen molar-refractivity contribution in [1.29, 1.82) is 0 Å². The van der Waals surface area contributed by atoms with Crippen LogP contribution in [0.3, 0.4) is 0 Å². The van der Waals surface area contributed by atoms with Gasteiger partial charge in [-0.1, -0.05) is 45.4 Å². The Balaban J connectivity index is 1.42. The third-order valence-corrected chi connectivity index (χ3v) is 7.09. The lowest BCUT2D eigenvalue weighted by Gasteiger charge is -2.70. The summed E-state index contributed by atoms with van der Waals surface area (Å²) in [5.74, 6) is 0. The molecule has 0 aromatic heterocycles. The SMILES string of the molecule is CCCCCCCCC1(C2(C3(C4CCO4)CCO3)CCO2)CCO1. The minimum absolute atomic E-state index is 0.116. The number of unbranched alkanes of at least 4 members (excludes halogenated alkanes) is 5. The van der Waals surface area contributed by atoms with Crippen LogP contribution in [0, 0.1) is 0 Å². The fourth-order valence-electron chi connectivity index (χ4n) is 5.40. The van der Waals surface area contributed by atoms with Crippen LogP contribution < -0.4 is 0 Å². The third kappa shape index (κ3) is 2.40. The van der Waals surface area contributed by atoms with Crippen molar-refractivity contribution in [3.63, 3.8) is 0 Å². The number of ether oxygens (including phenoxy) is 4. The molecule has 4 aliphatic heterocycles. The number of hydrogen-bond donors (Lipinski definition) is 0. The standard InChI is InChI=1S/C20H34O4/c1-2-3-4-5-6-7-9-18(10-14-22-18)20(12-16-24-20)19(11-15-23-19)17-8-13-21-17/h17H,2-16H2,1H3. The first-order valence-corrected chi connectivity index (χ1v) is 10.3. The van der Waals surface area contributed by atoms with Crippen molar-refractivity contribution < 1.29 is 18.9 Å². The molecule has 4 saturated heterocycles. The smallest absolute Gasteiger partial charge is 0.131 e. The van der Waals surface area contributed by atoms with Crippen molar-refractivity contribution in [3.8, 4) is 0 Å². The lowest BCUT2D eigenvalue weighted by atomic mass is 9.56. The third-order valence-electron chi connectivity index (χ3n) is 7.09. The highest BCUT2D eigenvalue weighted by atomic mass is 16.6. The Morgan fingerprint density at radius 3 is 1.83 bits per heavy atom. The van der Waals surface area contributed by atoms with E-state index in [1.165, 1.54) is 38.5 Å². The normalized spacial score (nSPS) is 44.1. The Morgan fingerprint density at radius 1 is 0.792 bits per heavy atom. The average Bonchev–Trinajstić information content (AvgIpc) is 2.40. The maximum absolute atomic E-state index is 6.36. The topological polar surface area (TPSA) is 36.9 Å². The molecule has 4 unspecified atom stereocenters. The summed E-state index contributed by atoms with van der Waals surface area (Å²) < 4.78 is 24.8. The van der Waals surface area contributed by atoms with Gasteiger partial charge in [-0.3, -0.25) is 0 Å².